The minimum absolute atomic E-state index is 0.278. The van der Waals surface area contributed by atoms with Gasteiger partial charge in [0.2, 0.25) is 5.91 Å². The second-order valence-electron chi connectivity index (χ2n) is 4.68. The zero-order chi connectivity index (χ0) is 11.5. The van der Waals surface area contributed by atoms with Crippen LogP contribution in [0.25, 0.3) is 0 Å². The molecule has 88 valence electrons. The van der Waals surface area contributed by atoms with Gasteiger partial charge in [-0.15, -0.1) is 0 Å². The summed E-state index contributed by atoms with van der Waals surface area (Å²) < 4.78 is 0. The molecule has 0 radical (unpaired) electrons. The normalized spacial score (nSPS) is 22.1. The predicted molar refractivity (Wildman–Crippen MR) is 62.5 cm³/mol. The van der Waals surface area contributed by atoms with Crippen molar-refractivity contribution in [2.24, 2.45) is 11.1 Å². The van der Waals surface area contributed by atoms with Crippen LogP contribution >= 0.6 is 0 Å². The van der Waals surface area contributed by atoms with Gasteiger partial charge in [-0.25, -0.2) is 0 Å². The smallest absolute Gasteiger partial charge is 0.230 e. The van der Waals surface area contributed by atoms with Gasteiger partial charge < -0.3 is 10.6 Å². The maximum absolute atomic E-state index is 12.4. The fourth-order valence-electron chi connectivity index (χ4n) is 2.47. The fraction of sp³-hybridized carbons (Fsp3) is 0.917. The van der Waals surface area contributed by atoms with Crippen LogP contribution in [-0.2, 0) is 4.79 Å². The Kier molecular flexibility index (Phi) is 4.14. The summed E-state index contributed by atoms with van der Waals surface area (Å²) in [4.78, 5) is 14.4. The second-order valence-corrected chi connectivity index (χ2v) is 4.68. The van der Waals surface area contributed by atoms with Gasteiger partial charge in [0.15, 0.2) is 0 Å². The van der Waals surface area contributed by atoms with Gasteiger partial charge in [-0.2, -0.15) is 0 Å². The molecule has 1 aliphatic rings. The molecule has 0 saturated carbocycles. The summed E-state index contributed by atoms with van der Waals surface area (Å²) in [6, 6.07) is 0.404. The van der Waals surface area contributed by atoms with Crippen molar-refractivity contribution in [1.82, 2.24) is 4.90 Å². The highest BCUT2D eigenvalue weighted by Crippen LogP contribution is 2.31. The van der Waals surface area contributed by atoms with Gasteiger partial charge in [0, 0.05) is 19.1 Å². The number of rotatable bonds is 4. The average molecular weight is 212 g/mol. The van der Waals surface area contributed by atoms with Crippen LogP contribution in [0.15, 0.2) is 0 Å². The van der Waals surface area contributed by atoms with Gasteiger partial charge in [-0.05, 0) is 32.6 Å². The molecule has 1 saturated heterocycles. The summed E-state index contributed by atoms with van der Waals surface area (Å²) in [6.07, 6.45) is 3.98. The Labute approximate surface area is 93.0 Å². The molecule has 0 aromatic heterocycles. The molecule has 1 amide bonds. The van der Waals surface area contributed by atoms with Crippen LogP contribution in [0.3, 0.4) is 0 Å². The van der Waals surface area contributed by atoms with E-state index in [-0.39, 0.29) is 11.3 Å². The van der Waals surface area contributed by atoms with Crippen LogP contribution in [0.5, 0.6) is 0 Å². The Balaban J connectivity index is 2.80. The van der Waals surface area contributed by atoms with Crippen LogP contribution in [0, 0.1) is 5.41 Å². The van der Waals surface area contributed by atoms with Crippen molar-refractivity contribution in [2.45, 2.75) is 52.5 Å². The predicted octanol–water partition coefficient (Wildman–Crippen LogP) is 1.76. The van der Waals surface area contributed by atoms with Gasteiger partial charge in [0.05, 0.1) is 5.41 Å². The minimum Gasteiger partial charge on any atom is -0.339 e. The van der Waals surface area contributed by atoms with Crippen molar-refractivity contribution < 1.29 is 4.79 Å². The maximum Gasteiger partial charge on any atom is 0.230 e. The lowest BCUT2D eigenvalue weighted by Crippen LogP contribution is -2.48. The minimum atomic E-state index is -0.307. The van der Waals surface area contributed by atoms with Crippen molar-refractivity contribution in [3.63, 3.8) is 0 Å². The number of hydrogen-bond donors (Lipinski definition) is 1. The first-order chi connectivity index (χ1) is 7.11. The average Bonchev–Trinajstić information content (AvgIpc) is 2.67. The molecular formula is C12H24N2O. The molecular weight excluding hydrogens is 188 g/mol. The number of carbonyl (C=O) groups excluding carboxylic acids is 1. The first-order valence-electron chi connectivity index (χ1n) is 6.12. The summed E-state index contributed by atoms with van der Waals surface area (Å²) in [6.45, 7) is 7.66. The summed E-state index contributed by atoms with van der Waals surface area (Å²) in [7, 11) is 0. The molecule has 1 aliphatic heterocycles. The molecule has 1 fully saturated rings. The standard InChI is InChI=1S/C12H24N2O/c1-4-12(5-2,9-13)11(15)14-8-6-7-10(14)3/h10H,4-9,13H2,1-3H3. The van der Waals surface area contributed by atoms with Crippen LogP contribution in [0.4, 0.5) is 0 Å². The highest BCUT2D eigenvalue weighted by atomic mass is 16.2. The summed E-state index contributed by atoms with van der Waals surface area (Å²) in [5.41, 5.74) is 5.49. The highest BCUT2D eigenvalue weighted by molar-refractivity contribution is 5.83. The molecule has 1 rings (SSSR count). The van der Waals surface area contributed by atoms with E-state index in [0.717, 1.165) is 32.2 Å². The van der Waals surface area contributed by atoms with Gasteiger partial charge in [-0.3, -0.25) is 4.79 Å². The Hall–Kier alpha value is -0.570. The van der Waals surface area contributed by atoms with Gasteiger partial charge >= 0.3 is 0 Å². The van der Waals surface area contributed by atoms with E-state index in [1.807, 2.05) is 4.90 Å². The van der Waals surface area contributed by atoms with E-state index in [9.17, 15) is 4.79 Å². The number of hydrogen-bond acceptors (Lipinski definition) is 2. The molecule has 3 heteroatoms. The Morgan fingerprint density at radius 1 is 1.47 bits per heavy atom. The van der Waals surface area contributed by atoms with Crippen LogP contribution in [0.2, 0.25) is 0 Å². The summed E-state index contributed by atoms with van der Waals surface area (Å²) >= 11 is 0. The molecule has 0 aromatic rings. The van der Waals surface area contributed by atoms with Crippen molar-refractivity contribution in [3.8, 4) is 0 Å². The molecule has 1 unspecified atom stereocenters. The number of carbonyl (C=O) groups is 1. The molecule has 15 heavy (non-hydrogen) atoms. The second kappa shape index (κ2) is 4.97. The third-order valence-corrected chi connectivity index (χ3v) is 4.01. The van der Waals surface area contributed by atoms with Crippen LogP contribution < -0.4 is 5.73 Å². The largest absolute Gasteiger partial charge is 0.339 e. The lowest BCUT2D eigenvalue weighted by molar-refractivity contribution is -0.142. The molecule has 0 aliphatic carbocycles. The molecule has 3 nitrogen and oxygen atoms in total. The zero-order valence-electron chi connectivity index (χ0n) is 10.3. The Morgan fingerprint density at radius 2 is 2.07 bits per heavy atom. The van der Waals surface area contributed by atoms with E-state index < -0.39 is 0 Å². The highest BCUT2D eigenvalue weighted by Gasteiger charge is 2.39. The lowest BCUT2D eigenvalue weighted by Gasteiger charge is -2.35. The molecule has 0 bridgehead atoms. The van der Waals surface area contributed by atoms with Crippen molar-refractivity contribution in [2.75, 3.05) is 13.1 Å². The summed E-state index contributed by atoms with van der Waals surface area (Å²) in [5, 5.41) is 0. The third kappa shape index (κ3) is 2.17. The molecule has 2 N–H and O–H groups in total. The zero-order valence-corrected chi connectivity index (χ0v) is 10.3. The van der Waals surface area contributed by atoms with E-state index in [1.165, 1.54) is 0 Å². The quantitative estimate of drug-likeness (QED) is 0.772. The lowest BCUT2D eigenvalue weighted by atomic mass is 9.81. The Bertz CT molecular complexity index is 215. The first kappa shape index (κ1) is 12.5. The SMILES string of the molecule is CCC(CC)(CN)C(=O)N1CCCC1C. The van der Waals surface area contributed by atoms with Crippen LogP contribution in [-0.4, -0.2) is 29.9 Å². The fourth-order valence-corrected chi connectivity index (χ4v) is 2.47. The topological polar surface area (TPSA) is 46.3 Å². The van der Waals surface area contributed by atoms with E-state index >= 15 is 0 Å². The van der Waals surface area contributed by atoms with Crippen LogP contribution in [0.1, 0.15) is 46.5 Å². The van der Waals surface area contributed by atoms with Crippen molar-refractivity contribution in [3.05, 3.63) is 0 Å². The van der Waals surface area contributed by atoms with E-state index in [4.69, 9.17) is 5.73 Å². The van der Waals surface area contributed by atoms with Gasteiger partial charge in [0.1, 0.15) is 0 Å². The van der Waals surface area contributed by atoms with E-state index in [0.29, 0.717) is 12.6 Å². The number of nitrogens with two attached hydrogens (primary N) is 1. The summed E-state index contributed by atoms with van der Waals surface area (Å²) in [5.74, 6) is 0.278. The Morgan fingerprint density at radius 3 is 2.40 bits per heavy atom. The molecule has 0 aromatic carbocycles. The molecule has 0 spiro atoms. The van der Waals surface area contributed by atoms with Crippen molar-refractivity contribution >= 4 is 5.91 Å². The van der Waals surface area contributed by atoms with E-state index in [1.54, 1.807) is 0 Å². The van der Waals surface area contributed by atoms with Crippen molar-refractivity contribution in [1.29, 1.82) is 0 Å². The number of nitrogens with zero attached hydrogens (tertiary/aromatic N) is 1. The first-order valence-corrected chi connectivity index (χ1v) is 6.12. The third-order valence-electron chi connectivity index (χ3n) is 4.01. The molecule has 1 heterocycles. The molecule has 1 atom stereocenters. The maximum atomic E-state index is 12.4. The number of amides is 1. The van der Waals surface area contributed by atoms with E-state index in [2.05, 4.69) is 20.8 Å². The van der Waals surface area contributed by atoms with Gasteiger partial charge in [-0.1, -0.05) is 13.8 Å². The van der Waals surface area contributed by atoms with Gasteiger partial charge in [0.25, 0.3) is 0 Å². The monoisotopic (exact) mass is 212 g/mol. The number of likely N-dealkylation sites (tertiary alicyclic amines) is 1.